The summed E-state index contributed by atoms with van der Waals surface area (Å²) in [5.41, 5.74) is 5.00. The zero-order valence-corrected chi connectivity index (χ0v) is 23.7. The third-order valence-electron chi connectivity index (χ3n) is 7.07. The summed E-state index contributed by atoms with van der Waals surface area (Å²) in [6, 6.07) is 7.33. The Bertz CT molecular complexity index is 1460. The molecule has 1 aromatic carbocycles. The molecule has 37 heavy (non-hydrogen) atoms. The molecule has 1 fully saturated rings. The molecule has 0 spiro atoms. The van der Waals surface area contributed by atoms with Crippen LogP contribution in [0.3, 0.4) is 0 Å². The number of amides is 1. The van der Waals surface area contributed by atoms with Gasteiger partial charge in [-0.15, -0.1) is 0 Å². The largest absolute Gasteiger partial charge is 0.361 e. The summed E-state index contributed by atoms with van der Waals surface area (Å²) < 4.78 is 9.76. The number of nitrogens with zero attached hydrogens (tertiary/aromatic N) is 5. The first-order chi connectivity index (χ1) is 17.5. The first-order valence-corrected chi connectivity index (χ1v) is 16.6. The van der Waals surface area contributed by atoms with Crippen LogP contribution in [-0.2, 0) is 18.5 Å². The van der Waals surface area contributed by atoms with Crippen molar-refractivity contribution in [2.75, 3.05) is 19.7 Å². The van der Waals surface area contributed by atoms with Gasteiger partial charge in [0, 0.05) is 39.9 Å². The quantitative estimate of drug-likeness (QED) is 0.269. The average Bonchev–Trinajstić information content (AvgIpc) is 3.51. The third kappa shape index (κ3) is 5.32. The van der Waals surface area contributed by atoms with Crippen LogP contribution in [0.4, 0.5) is 0 Å². The van der Waals surface area contributed by atoms with Crippen LogP contribution < -0.4 is 10.6 Å². The Labute approximate surface area is 218 Å². The number of hydrogen-bond acceptors (Lipinski definition) is 6. The fraction of sp³-hybridized carbons (Fsp3) is 0.481. The molecule has 9 nitrogen and oxygen atoms in total. The maximum absolute atomic E-state index is 13.5. The molecule has 0 radical (unpaired) electrons. The molecule has 1 aliphatic heterocycles. The molecule has 1 aliphatic rings. The predicted molar refractivity (Wildman–Crippen MR) is 149 cm³/mol. The van der Waals surface area contributed by atoms with E-state index in [2.05, 4.69) is 62.3 Å². The Morgan fingerprint density at radius 2 is 2.11 bits per heavy atom. The lowest BCUT2D eigenvalue weighted by Crippen LogP contribution is -2.47. The zero-order chi connectivity index (χ0) is 26.4. The average molecular weight is 520 g/mol. The van der Waals surface area contributed by atoms with Crippen molar-refractivity contribution >= 4 is 36.0 Å². The minimum absolute atomic E-state index is 0.148. The van der Waals surface area contributed by atoms with E-state index in [4.69, 9.17) is 19.8 Å². The summed E-state index contributed by atoms with van der Waals surface area (Å²) in [7, 11) is 0.730. The van der Waals surface area contributed by atoms with E-state index in [1.54, 1.807) is 6.20 Å². The molecule has 1 unspecified atom stereocenters. The normalized spacial score (nSPS) is 18.2. The Morgan fingerprint density at radius 3 is 2.84 bits per heavy atom. The number of nitrogens with one attached hydrogen (secondary N) is 2. The lowest BCUT2D eigenvalue weighted by Gasteiger charge is -2.24. The molecule has 196 valence electrons. The summed E-state index contributed by atoms with van der Waals surface area (Å²) in [5.74, 6) is -0.148. The van der Waals surface area contributed by atoms with E-state index in [-0.39, 0.29) is 11.4 Å². The summed E-state index contributed by atoms with van der Waals surface area (Å²) in [4.78, 5) is 23.2. The molecule has 0 saturated carbocycles. The summed E-state index contributed by atoms with van der Waals surface area (Å²) in [6.45, 7) is 13.8. The van der Waals surface area contributed by atoms with Gasteiger partial charge in [0.2, 0.25) is 0 Å². The first kappa shape index (κ1) is 25.6. The van der Waals surface area contributed by atoms with E-state index in [9.17, 15) is 4.79 Å². The maximum atomic E-state index is 13.5. The number of carbonyl (C=O) groups is 1. The summed E-state index contributed by atoms with van der Waals surface area (Å²) in [6.07, 6.45) is 4.45. The molecule has 1 amide bonds. The van der Waals surface area contributed by atoms with E-state index < -0.39 is 8.07 Å². The Balaban J connectivity index is 1.53. The fourth-order valence-electron chi connectivity index (χ4n) is 4.79. The highest BCUT2D eigenvalue weighted by molar-refractivity contribution is 6.76. The zero-order valence-electron chi connectivity index (χ0n) is 22.7. The SMILES string of the molecule is Cc1ccc2c(-c3cnc4c(n3)c(C(=O)NC3(C)CCNC3)cn4COCC[Si](C)(C)C)nn(C)c2c1. The van der Waals surface area contributed by atoms with Crippen LogP contribution in [0.15, 0.2) is 30.6 Å². The number of fused-ring (bicyclic) bond motifs is 2. The van der Waals surface area contributed by atoms with Gasteiger partial charge in [0.1, 0.15) is 23.6 Å². The van der Waals surface area contributed by atoms with E-state index >= 15 is 0 Å². The van der Waals surface area contributed by atoms with Crippen molar-refractivity contribution in [1.82, 2.24) is 34.9 Å². The first-order valence-electron chi connectivity index (χ1n) is 12.9. The van der Waals surface area contributed by atoms with E-state index in [1.165, 1.54) is 5.56 Å². The number of ether oxygens (including phenoxy) is 1. The number of benzene rings is 1. The Hall–Kier alpha value is -3.08. The van der Waals surface area contributed by atoms with Gasteiger partial charge in [0.05, 0.1) is 22.8 Å². The number of aromatic nitrogens is 5. The second kappa shape index (κ2) is 9.66. The van der Waals surface area contributed by atoms with E-state index in [0.717, 1.165) is 42.2 Å². The van der Waals surface area contributed by atoms with Gasteiger partial charge in [0.15, 0.2) is 5.65 Å². The van der Waals surface area contributed by atoms with Crippen LogP contribution in [-0.4, -0.2) is 63.5 Å². The van der Waals surface area contributed by atoms with Crippen LogP contribution in [0.5, 0.6) is 0 Å². The number of rotatable bonds is 8. The van der Waals surface area contributed by atoms with Gasteiger partial charge in [0.25, 0.3) is 5.91 Å². The maximum Gasteiger partial charge on any atom is 0.255 e. The molecule has 1 saturated heterocycles. The molecule has 0 aliphatic carbocycles. The number of carbonyl (C=O) groups excluding carboxylic acids is 1. The van der Waals surface area contributed by atoms with Crippen LogP contribution in [0, 0.1) is 6.92 Å². The Morgan fingerprint density at radius 1 is 1.30 bits per heavy atom. The van der Waals surface area contributed by atoms with Crippen molar-refractivity contribution in [2.45, 2.75) is 58.2 Å². The highest BCUT2D eigenvalue weighted by Gasteiger charge is 2.32. The molecular weight excluding hydrogens is 482 g/mol. The van der Waals surface area contributed by atoms with Crippen molar-refractivity contribution in [3.63, 3.8) is 0 Å². The highest BCUT2D eigenvalue weighted by Crippen LogP contribution is 2.29. The Kier molecular flexibility index (Phi) is 6.67. The van der Waals surface area contributed by atoms with Crippen LogP contribution in [0.25, 0.3) is 33.5 Å². The number of hydrogen-bond donors (Lipinski definition) is 2. The second-order valence-electron chi connectivity index (χ2n) is 11.7. The standard InChI is InChI=1S/C27H37N7O2Si/c1-18-7-8-19-22(13-18)33(3)32-23(19)21-14-29-25-24(30-21)20(26(35)31-27(2)9-10-28-16-27)15-34(25)17-36-11-12-37(4,5)6/h7-8,13-15,28H,9-12,16-17H2,1-6H3,(H,31,35). The monoisotopic (exact) mass is 519 g/mol. The van der Waals surface area contributed by atoms with Gasteiger partial charge in [-0.3, -0.25) is 9.48 Å². The second-order valence-corrected chi connectivity index (χ2v) is 17.3. The molecule has 3 aromatic heterocycles. The molecule has 4 aromatic rings. The molecule has 5 rings (SSSR count). The van der Waals surface area contributed by atoms with Crippen molar-refractivity contribution < 1.29 is 9.53 Å². The molecule has 0 bridgehead atoms. The van der Waals surface area contributed by atoms with Crippen LogP contribution >= 0.6 is 0 Å². The van der Waals surface area contributed by atoms with Gasteiger partial charge < -0.3 is 19.9 Å². The summed E-state index contributed by atoms with van der Waals surface area (Å²) >= 11 is 0. The lowest BCUT2D eigenvalue weighted by molar-refractivity contribution is 0.0884. The van der Waals surface area contributed by atoms with Gasteiger partial charge in [-0.05, 0) is 44.5 Å². The van der Waals surface area contributed by atoms with Gasteiger partial charge in [-0.1, -0.05) is 31.8 Å². The third-order valence-corrected chi connectivity index (χ3v) is 8.77. The topological polar surface area (TPSA) is 98.9 Å². The molecule has 4 heterocycles. The van der Waals surface area contributed by atoms with Crippen molar-refractivity contribution in [2.24, 2.45) is 7.05 Å². The molecular formula is C27H37N7O2Si. The fourth-order valence-corrected chi connectivity index (χ4v) is 5.55. The molecule has 1 atom stereocenters. The van der Waals surface area contributed by atoms with Crippen LogP contribution in [0.1, 0.15) is 29.3 Å². The minimum Gasteiger partial charge on any atom is -0.361 e. The van der Waals surface area contributed by atoms with Crippen molar-refractivity contribution in [3.05, 3.63) is 41.7 Å². The van der Waals surface area contributed by atoms with E-state index in [0.29, 0.717) is 35.8 Å². The lowest BCUT2D eigenvalue weighted by atomic mass is 10.0. The van der Waals surface area contributed by atoms with Gasteiger partial charge in [-0.2, -0.15) is 5.10 Å². The smallest absolute Gasteiger partial charge is 0.255 e. The van der Waals surface area contributed by atoms with E-state index in [1.807, 2.05) is 22.5 Å². The molecule has 2 N–H and O–H groups in total. The predicted octanol–water partition coefficient (Wildman–Crippen LogP) is 4.09. The molecule has 10 heteroatoms. The van der Waals surface area contributed by atoms with Crippen molar-refractivity contribution in [1.29, 1.82) is 0 Å². The minimum atomic E-state index is -1.20. The van der Waals surface area contributed by atoms with Gasteiger partial charge >= 0.3 is 0 Å². The van der Waals surface area contributed by atoms with Gasteiger partial charge in [-0.25, -0.2) is 9.97 Å². The summed E-state index contributed by atoms with van der Waals surface area (Å²) in [5, 5.41) is 12.3. The van der Waals surface area contributed by atoms with Crippen LogP contribution in [0.2, 0.25) is 25.7 Å². The highest BCUT2D eigenvalue weighted by atomic mass is 28.3. The van der Waals surface area contributed by atoms with Crippen molar-refractivity contribution in [3.8, 4) is 11.4 Å². The number of aryl methyl sites for hydroxylation is 2.